The van der Waals surface area contributed by atoms with Gasteiger partial charge in [0.05, 0.1) is 6.04 Å². The van der Waals surface area contributed by atoms with Gasteiger partial charge in [0.2, 0.25) is 5.91 Å². The number of benzene rings is 3. The van der Waals surface area contributed by atoms with Crippen molar-refractivity contribution in [2.75, 3.05) is 0 Å². The summed E-state index contributed by atoms with van der Waals surface area (Å²) in [4.78, 5) is 14.0. The van der Waals surface area contributed by atoms with Crippen molar-refractivity contribution in [3.63, 3.8) is 0 Å². The van der Waals surface area contributed by atoms with Gasteiger partial charge in [-0.3, -0.25) is 4.79 Å². The maximum Gasteiger partial charge on any atom is 0.244 e. The van der Waals surface area contributed by atoms with Crippen LogP contribution in [0.1, 0.15) is 56.3 Å². The highest BCUT2D eigenvalue weighted by Gasteiger charge is 2.16. The first-order valence-electron chi connectivity index (χ1n) is 11.5. The van der Waals surface area contributed by atoms with Crippen LogP contribution in [0, 0.1) is 5.82 Å². The smallest absolute Gasteiger partial charge is 0.244 e. The number of nitrogens with one attached hydrogen (secondary N) is 1. The lowest BCUT2D eigenvalue weighted by Gasteiger charge is -2.20. The Kier molecular flexibility index (Phi) is 9.72. The number of hydrogen-bond donors (Lipinski definition) is 1. The van der Waals surface area contributed by atoms with E-state index in [0.717, 1.165) is 40.2 Å². The fourth-order valence-corrected chi connectivity index (χ4v) is 4.43. The van der Waals surface area contributed by atoms with Crippen molar-refractivity contribution < 1.29 is 9.18 Å². The van der Waals surface area contributed by atoms with E-state index in [-0.39, 0.29) is 17.8 Å². The predicted molar refractivity (Wildman–Crippen MR) is 141 cm³/mol. The van der Waals surface area contributed by atoms with Gasteiger partial charge in [-0.05, 0) is 74.6 Å². The van der Waals surface area contributed by atoms with Crippen LogP contribution in [0.2, 0.25) is 0 Å². The maximum absolute atomic E-state index is 13.5. The average Bonchev–Trinajstić information content (AvgIpc) is 2.83. The lowest BCUT2D eigenvalue weighted by Crippen LogP contribution is -2.28. The number of hydrogen-bond acceptors (Lipinski definition) is 2. The first kappa shape index (κ1) is 25.5. The van der Waals surface area contributed by atoms with Crippen molar-refractivity contribution in [2.45, 2.75) is 50.3 Å². The molecule has 2 nitrogen and oxygen atoms in total. The van der Waals surface area contributed by atoms with Gasteiger partial charge < -0.3 is 5.32 Å². The van der Waals surface area contributed by atoms with Crippen molar-refractivity contribution >= 4 is 17.7 Å². The molecule has 0 bridgehead atoms. The molecule has 1 unspecified atom stereocenters. The van der Waals surface area contributed by atoms with Gasteiger partial charge in [0.1, 0.15) is 5.82 Å². The Morgan fingerprint density at radius 3 is 2.15 bits per heavy atom. The zero-order valence-electron chi connectivity index (χ0n) is 20.1. The molecule has 3 aromatic carbocycles. The number of allylic oxidation sites excluding steroid dienone is 3. The van der Waals surface area contributed by atoms with Gasteiger partial charge in [-0.25, -0.2) is 4.39 Å². The van der Waals surface area contributed by atoms with Crippen LogP contribution in [0.4, 0.5) is 4.39 Å². The first-order valence-corrected chi connectivity index (χ1v) is 12.5. The molecule has 3 rings (SSSR count). The molecule has 0 saturated heterocycles. The normalized spacial score (nSPS) is 12.2. The molecule has 0 saturated carbocycles. The minimum atomic E-state index is -0.358. The Morgan fingerprint density at radius 2 is 1.53 bits per heavy atom. The standard InChI is InChI=1S/C30H32FNOS/c1-22(2)8-7-9-23(3)20-29(33)32-30(25-12-16-27(31)17-13-25)26-14-18-28(19-15-26)34-21-24-10-5-4-6-11-24/h4-6,8,10-20,30H,7,9,21H2,1-3H3,(H,32,33)/b23-20+. The maximum atomic E-state index is 13.5. The molecule has 0 aliphatic heterocycles. The van der Waals surface area contributed by atoms with E-state index in [9.17, 15) is 9.18 Å². The second kappa shape index (κ2) is 13.0. The Balaban J connectivity index is 1.73. The van der Waals surface area contributed by atoms with Crippen LogP contribution in [0.25, 0.3) is 0 Å². The number of halogens is 1. The highest BCUT2D eigenvalue weighted by Crippen LogP contribution is 2.27. The summed E-state index contributed by atoms with van der Waals surface area (Å²) in [7, 11) is 0. The third kappa shape index (κ3) is 8.35. The summed E-state index contributed by atoms with van der Waals surface area (Å²) in [6.07, 6.45) is 5.60. The highest BCUT2D eigenvalue weighted by atomic mass is 32.2. The Labute approximate surface area is 207 Å². The summed E-state index contributed by atoms with van der Waals surface area (Å²) in [6.45, 7) is 6.12. The number of carbonyl (C=O) groups excluding carboxylic acids is 1. The molecule has 0 radical (unpaired) electrons. The van der Waals surface area contributed by atoms with E-state index in [0.29, 0.717) is 0 Å². The number of rotatable bonds is 10. The summed E-state index contributed by atoms with van der Waals surface area (Å²) in [5, 5.41) is 3.12. The number of carbonyl (C=O) groups is 1. The second-order valence-corrected chi connectivity index (χ2v) is 9.70. The van der Waals surface area contributed by atoms with Gasteiger partial charge in [0.25, 0.3) is 0 Å². The first-order chi connectivity index (χ1) is 16.4. The summed E-state index contributed by atoms with van der Waals surface area (Å²) >= 11 is 1.77. The van der Waals surface area contributed by atoms with Gasteiger partial charge in [0.15, 0.2) is 0 Å². The van der Waals surface area contributed by atoms with Crippen LogP contribution in [-0.2, 0) is 10.5 Å². The molecule has 4 heteroatoms. The van der Waals surface area contributed by atoms with E-state index in [1.165, 1.54) is 23.3 Å². The molecule has 0 aliphatic carbocycles. The van der Waals surface area contributed by atoms with Gasteiger partial charge in [-0.2, -0.15) is 0 Å². The van der Waals surface area contributed by atoms with E-state index in [2.05, 4.69) is 49.5 Å². The van der Waals surface area contributed by atoms with Crippen molar-refractivity contribution in [1.29, 1.82) is 0 Å². The van der Waals surface area contributed by atoms with Crippen LogP contribution in [0.15, 0.2) is 107 Å². The molecule has 0 aliphatic rings. The third-order valence-electron chi connectivity index (χ3n) is 5.42. The van der Waals surface area contributed by atoms with Gasteiger partial charge >= 0.3 is 0 Å². The van der Waals surface area contributed by atoms with E-state index in [1.54, 1.807) is 30.0 Å². The predicted octanol–water partition coefficient (Wildman–Crippen LogP) is 8.02. The molecule has 1 atom stereocenters. The number of thioether (sulfide) groups is 1. The zero-order valence-corrected chi connectivity index (χ0v) is 20.9. The zero-order chi connectivity index (χ0) is 24.3. The SMILES string of the molecule is CC(C)=CCC/C(C)=C/C(=O)NC(c1ccc(F)cc1)c1ccc(SCc2ccccc2)cc1. The molecule has 0 heterocycles. The van der Waals surface area contributed by atoms with Crippen LogP contribution in [0.3, 0.4) is 0 Å². The Morgan fingerprint density at radius 1 is 0.912 bits per heavy atom. The Hall–Kier alpha value is -3.11. The molecule has 34 heavy (non-hydrogen) atoms. The summed E-state index contributed by atoms with van der Waals surface area (Å²) in [5.41, 5.74) is 5.38. The highest BCUT2D eigenvalue weighted by molar-refractivity contribution is 7.98. The summed E-state index contributed by atoms with van der Waals surface area (Å²) in [6, 6.07) is 24.5. The van der Waals surface area contributed by atoms with Crippen molar-refractivity contribution in [2.24, 2.45) is 0 Å². The second-order valence-electron chi connectivity index (χ2n) is 8.65. The monoisotopic (exact) mass is 473 g/mol. The quantitative estimate of drug-likeness (QED) is 0.183. The average molecular weight is 474 g/mol. The van der Waals surface area contributed by atoms with Crippen molar-refractivity contribution in [1.82, 2.24) is 5.32 Å². The van der Waals surface area contributed by atoms with Gasteiger partial charge in [-0.1, -0.05) is 71.8 Å². The molecular weight excluding hydrogens is 441 g/mol. The fourth-order valence-electron chi connectivity index (χ4n) is 3.58. The van der Waals surface area contributed by atoms with E-state index in [4.69, 9.17) is 0 Å². The molecule has 1 N–H and O–H groups in total. The molecule has 3 aromatic rings. The van der Waals surface area contributed by atoms with Crippen LogP contribution in [-0.4, -0.2) is 5.91 Å². The minimum Gasteiger partial charge on any atom is -0.342 e. The topological polar surface area (TPSA) is 29.1 Å². The molecular formula is C30H32FNOS. The van der Waals surface area contributed by atoms with E-state index in [1.807, 2.05) is 37.3 Å². The van der Waals surface area contributed by atoms with Crippen LogP contribution >= 0.6 is 11.8 Å². The lowest BCUT2D eigenvalue weighted by molar-refractivity contribution is -0.117. The third-order valence-corrected chi connectivity index (χ3v) is 6.50. The van der Waals surface area contributed by atoms with Crippen molar-refractivity contribution in [3.05, 3.63) is 125 Å². The lowest BCUT2D eigenvalue weighted by atomic mass is 9.98. The minimum absolute atomic E-state index is 0.147. The summed E-state index contributed by atoms with van der Waals surface area (Å²) < 4.78 is 13.5. The van der Waals surface area contributed by atoms with E-state index < -0.39 is 0 Å². The largest absolute Gasteiger partial charge is 0.342 e. The van der Waals surface area contributed by atoms with Gasteiger partial charge in [-0.15, -0.1) is 11.8 Å². The molecule has 176 valence electrons. The molecule has 0 spiro atoms. The summed E-state index contributed by atoms with van der Waals surface area (Å²) in [5.74, 6) is 0.456. The Bertz CT molecular complexity index is 1110. The molecule has 0 aromatic heterocycles. The van der Waals surface area contributed by atoms with Crippen molar-refractivity contribution in [3.8, 4) is 0 Å². The number of amides is 1. The molecule has 1 amide bonds. The fraction of sp³-hybridized carbons (Fsp3) is 0.233. The van der Waals surface area contributed by atoms with Gasteiger partial charge in [0, 0.05) is 16.7 Å². The van der Waals surface area contributed by atoms with E-state index >= 15 is 0 Å². The van der Waals surface area contributed by atoms with Crippen LogP contribution in [0.5, 0.6) is 0 Å². The molecule has 0 fully saturated rings. The van der Waals surface area contributed by atoms with Crippen LogP contribution < -0.4 is 5.32 Å².